The van der Waals surface area contributed by atoms with Crippen LogP contribution in [0.25, 0.3) is 0 Å². The minimum atomic E-state index is -1.15. The summed E-state index contributed by atoms with van der Waals surface area (Å²) >= 11 is 0. The van der Waals surface area contributed by atoms with Gasteiger partial charge in [0.2, 0.25) is 5.91 Å². The Bertz CT molecular complexity index is 463. The molecule has 1 amide bonds. The topological polar surface area (TPSA) is 66.4 Å². The second kappa shape index (κ2) is 6.09. The van der Waals surface area contributed by atoms with E-state index in [0.717, 1.165) is 6.07 Å². The van der Waals surface area contributed by atoms with Crippen molar-refractivity contribution in [2.45, 2.75) is 25.8 Å². The van der Waals surface area contributed by atoms with E-state index in [1.165, 1.54) is 19.1 Å². The van der Waals surface area contributed by atoms with Gasteiger partial charge >= 0.3 is 5.97 Å². The molecule has 0 aromatic heterocycles. The number of nitrogens with one attached hydrogen (secondary N) is 1. The number of carboxylic acids is 1. The Hall–Kier alpha value is -1.98. The lowest BCUT2D eigenvalue weighted by molar-refractivity contribution is -0.141. The summed E-state index contributed by atoms with van der Waals surface area (Å²) in [6, 6.07) is 2.72. The van der Waals surface area contributed by atoms with Crippen molar-refractivity contribution in [3.63, 3.8) is 0 Å². The van der Waals surface area contributed by atoms with Crippen molar-refractivity contribution in [3.8, 4) is 0 Å². The maximum Gasteiger partial charge on any atom is 0.325 e. The summed E-state index contributed by atoms with van der Waals surface area (Å²) in [6.07, 6.45) is -0.0836. The maximum absolute atomic E-state index is 13.2. The predicted octanol–water partition coefficient (Wildman–Crippen LogP) is 1.49. The number of halogens is 2. The number of hydrogen-bond donors (Lipinski definition) is 2. The standard InChI is InChI=1S/C12H13F2NO3/c1-7(12(17)18)15-10(16)6-5-8-3-2-4-9(13)11(8)14/h2-4,7H,5-6H2,1H3,(H,15,16)(H,17,18)/t7-/m1/s1. The van der Waals surface area contributed by atoms with E-state index < -0.39 is 29.6 Å². The van der Waals surface area contributed by atoms with Gasteiger partial charge in [0.05, 0.1) is 0 Å². The van der Waals surface area contributed by atoms with Gasteiger partial charge in [0.15, 0.2) is 11.6 Å². The second-order valence-corrected chi connectivity index (χ2v) is 3.84. The molecule has 98 valence electrons. The fourth-order valence-corrected chi connectivity index (χ4v) is 1.37. The highest BCUT2D eigenvalue weighted by molar-refractivity contribution is 5.83. The van der Waals surface area contributed by atoms with Crippen molar-refractivity contribution < 1.29 is 23.5 Å². The number of rotatable bonds is 5. The van der Waals surface area contributed by atoms with Crippen molar-refractivity contribution in [1.29, 1.82) is 0 Å². The number of aryl methyl sites for hydroxylation is 1. The zero-order valence-electron chi connectivity index (χ0n) is 9.74. The van der Waals surface area contributed by atoms with E-state index in [4.69, 9.17) is 5.11 Å². The minimum Gasteiger partial charge on any atom is -0.480 e. The van der Waals surface area contributed by atoms with Gasteiger partial charge in [0.25, 0.3) is 0 Å². The predicted molar refractivity (Wildman–Crippen MR) is 59.9 cm³/mol. The Labute approximate surface area is 103 Å². The van der Waals surface area contributed by atoms with Gasteiger partial charge in [-0.1, -0.05) is 12.1 Å². The van der Waals surface area contributed by atoms with Crippen LogP contribution < -0.4 is 5.32 Å². The monoisotopic (exact) mass is 257 g/mol. The molecule has 0 saturated heterocycles. The van der Waals surface area contributed by atoms with Crippen LogP contribution in [-0.4, -0.2) is 23.0 Å². The molecule has 6 heteroatoms. The van der Waals surface area contributed by atoms with E-state index >= 15 is 0 Å². The summed E-state index contributed by atoms with van der Waals surface area (Å²) in [4.78, 5) is 21.8. The maximum atomic E-state index is 13.2. The smallest absolute Gasteiger partial charge is 0.325 e. The molecule has 0 aliphatic heterocycles. The Morgan fingerprint density at radius 2 is 2.06 bits per heavy atom. The lowest BCUT2D eigenvalue weighted by Crippen LogP contribution is -2.38. The van der Waals surface area contributed by atoms with Crippen molar-refractivity contribution in [3.05, 3.63) is 35.4 Å². The van der Waals surface area contributed by atoms with Gasteiger partial charge in [-0.2, -0.15) is 0 Å². The molecular weight excluding hydrogens is 244 g/mol. The van der Waals surface area contributed by atoms with Crippen LogP contribution in [0.1, 0.15) is 18.9 Å². The van der Waals surface area contributed by atoms with E-state index in [9.17, 15) is 18.4 Å². The van der Waals surface area contributed by atoms with Gasteiger partial charge in [-0.15, -0.1) is 0 Å². The van der Waals surface area contributed by atoms with Crippen LogP contribution in [0.2, 0.25) is 0 Å². The molecule has 1 atom stereocenters. The number of carbonyl (C=O) groups excluding carboxylic acids is 1. The van der Waals surface area contributed by atoms with Crippen molar-refractivity contribution in [1.82, 2.24) is 5.32 Å². The molecule has 0 saturated carbocycles. The normalized spacial score (nSPS) is 11.9. The largest absolute Gasteiger partial charge is 0.480 e. The molecule has 0 radical (unpaired) electrons. The SMILES string of the molecule is C[C@@H](NC(=O)CCc1cccc(F)c1F)C(=O)O. The van der Waals surface area contributed by atoms with E-state index in [0.29, 0.717) is 0 Å². The molecule has 2 N–H and O–H groups in total. The van der Waals surface area contributed by atoms with Crippen molar-refractivity contribution in [2.24, 2.45) is 0 Å². The first-order valence-corrected chi connectivity index (χ1v) is 5.37. The number of aliphatic carboxylic acids is 1. The van der Waals surface area contributed by atoms with Gasteiger partial charge in [0.1, 0.15) is 6.04 Å². The first-order valence-electron chi connectivity index (χ1n) is 5.37. The lowest BCUT2D eigenvalue weighted by atomic mass is 10.1. The highest BCUT2D eigenvalue weighted by atomic mass is 19.2. The molecule has 1 aromatic rings. The Kier molecular flexibility index (Phi) is 4.76. The third-order valence-electron chi connectivity index (χ3n) is 2.40. The lowest BCUT2D eigenvalue weighted by Gasteiger charge is -2.09. The van der Waals surface area contributed by atoms with Crippen LogP contribution in [0.15, 0.2) is 18.2 Å². The van der Waals surface area contributed by atoms with Gasteiger partial charge in [-0.3, -0.25) is 9.59 Å². The summed E-state index contributed by atoms with van der Waals surface area (Å²) in [6.45, 7) is 1.32. The van der Waals surface area contributed by atoms with E-state index in [2.05, 4.69) is 5.32 Å². The van der Waals surface area contributed by atoms with Crippen LogP contribution in [0.3, 0.4) is 0 Å². The second-order valence-electron chi connectivity index (χ2n) is 3.84. The van der Waals surface area contributed by atoms with Gasteiger partial charge in [0, 0.05) is 6.42 Å². The molecule has 0 spiro atoms. The minimum absolute atomic E-state index is 0.0156. The Balaban J connectivity index is 2.53. The highest BCUT2D eigenvalue weighted by Crippen LogP contribution is 2.13. The van der Waals surface area contributed by atoms with Gasteiger partial charge < -0.3 is 10.4 Å². The number of hydrogen-bond acceptors (Lipinski definition) is 2. The number of benzene rings is 1. The molecule has 0 unspecified atom stereocenters. The van der Waals surface area contributed by atoms with E-state index in [1.54, 1.807) is 0 Å². The molecule has 0 fully saturated rings. The quantitative estimate of drug-likeness (QED) is 0.839. The summed E-state index contributed by atoms with van der Waals surface area (Å²) < 4.78 is 26.1. The summed E-state index contributed by atoms with van der Waals surface area (Å²) in [5.74, 6) is -3.61. The highest BCUT2D eigenvalue weighted by Gasteiger charge is 2.14. The van der Waals surface area contributed by atoms with E-state index in [-0.39, 0.29) is 18.4 Å². The zero-order chi connectivity index (χ0) is 13.7. The fraction of sp³-hybridized carbons (Fsp3) is 0.333. The summed E-state index contributed by atoms with van der Waals surface area (Å²) in [5, 5.41) is 10.8. The Morgan fingerprint density at radius 3 is 2.67 bits per heavy atom. The Morgan fingerprint density at radius 1 is 1.39 bits per heavy atom. The van der Waals surface area contributed by atoms with Crippen LogP contribution in [-0.2, 0) is 16.0 Å². The molecule has 0 aliphatic carbocycles. The number of carbonyl (C=O) groups is 2. The zero-order valence-corrected chi connectivity index (χ0v) is 9.74. The molecular formula is C12H13F2NO3. The fourth-order valence-electron chi connectivity index (χ4n) is 1.37. The number of amides is 1. The first-order chi connectivity index (χ1) is 8.41. The molecule has 0 aliphatic rings. The van der Waals surface area contributed by atoms with Crippen molar-refractivity contribution >= 4 is 11.9 Å². The average Bonchev–Trinajstić information content (AvgIpc) is 2.31. The molecule has 4 nitrogen and oxygen atoms in total. The molecule has 1 rings (SSSR count). The average molecular weight is 257 g/mol. The van der Waals surface area contributed by atoms with Crippen LogP contribution >= 0.6 is 0 Å². The summed E-state index contributed by atoms with van der Waals surface area (Å²) in [5.41, 5.74) is 0.0909. The molecule has 18 heavy (non-hydrogen) atoms. The van der Waals surface area contributed by atoms with Crippen LogP contribution in [0.5, 0.6) is 0 Å². The number of carboxylic acid groups (broad SMARTS) is 1. The van der Waals surface area contributed by atoms with Gasteiger partial charge in [-0.05, 0) is 25.0 Å². The first kappa shape index (κ1) is 14.1. The molecule has 1 aromatic carbocycles. The summed E-state index contributed by atoms with van der Waals surface area (Å²) in [7, 11) is 0. The third kappa shape index (κ3) is 3.80. The third-order valence-corrected chi connectivity index (χ3v) is 2.40. The van der Waals surface area contributed by atoms with Gasteiger partial charge in [-0.25, -0.2) is 8.78 Å². The van der Waals surface area contributed by atoms with Crippen LogP contribution in [0.4, 0.5) is 8.78 Å². The van der Waals surface area contributed by atoms with Crippen molar-refractivity contribution in [2.75, 3.05) is 0 Å². The molecule has 0 bridgehead atoms. The molecule has 0 heterocycles. The van der Waals surface area contributed by atoms with Crippen LogP contribution in [0, 0.1) is 11.6 Å². The van der Waals surface area contributed by atoms with E-state index in [1.807, 2.05) is 0 Å².